The van der Waals surface area contributed by atoms with Crippen LogP contribution < -0.4 is 4.74 Å². The van der Waals surface area contributed by atoms with Crippen LogP contribution in [0.1, 0.15) is 36.6 Å². The van der Waals surface area contributed by atoms with Crippen molar-refractivity contribution in [2.45, 2.75) is 32.4 Å². The van der Waals surface area contributed by atoms with Crippen molar-refractivity contribution < 1.29 is 14.6 Å². The van der Waals surface area contributed by atoms with E-state index in [0.717, 1.165) is 22.4 Å². The molecule has 0 saturated carbocycles. The fourth-order valence-corrected chi connectivity index (χ4v) is 2.94. The van der Waals surface area contributed by atoms with E-state index in [0.29, 0.717) is 24.8 Å². The number of aliphatic hydroxyl groups is 1. The monoisotopic (exact) mass is 339 g/mol. The highest BCUT2D eigenvalue weighted by Crippen LogP contribution is 2.25. The molecule has 1 aliphatic heterocycles. The highest BCUT2D eigenvalue weighted by Gasteiger charge is 2.24. The first-order chi connectivity index (χ1) is 12.1. The van der Waals surface area contributed by atoms with Crippen LogP contribution in [-0.2, 0) is 11.2 Å². The third-order valence-corrected chi connectivity index (χ3v) is 4.61. The van der Waals surface area contributed by atoms with Gasteiger partial charge in [0.05, 0.1) is 19.3 Å². The lowest BCUT2D eigenvalue weighted by Gasteiger charge is -2.14. The summed E-state index contributed by atoms with van der Waals surface area (Å²) in [4.78, 5) is 4.72. The zero-order valence-electron chi connectivity index (χ0n) is 15.0. The summed E-state index contributed by atoms with van der Waals surface area (Å²) in [5, 5.41) is 10.6. The molecule has 0 spiro atoms. The second-order valence-corrected chi connectivity index (χ2v) is 6.71. The fourth-order valence-electron chi connectivity index (χ4n) is 2.94. The van der Waals surface area contributed by atoms with Crippen molar-refractivity contribution in [3.8, 4) is 5.75 Å². The van der Waals surface area contributed by atoms with Gasteiger partial charge in [0.1, 0.15) is 12.4 Å². The molecule has 0 amide bonds. The van der Waals surface area contributed by atoms with E-state index in [-0.39, 0.29) is 6.04 Å². The Morgan fingerprint density at radius 3 is 2.52 bits per heavy atom. The number of ether oxygens (including phenoxy) is 2. The average molecular weight is 339 g/mol. The lowest BCUT2D eigenvalue weighted by Crippen LogP contribution is -2.13. The molecule has 1 heterocycles. The molecule has 2 aromatic rings. The first kappa shape index (κ1) is 17.5. The number of methoxy groups -OCH3 is 1. The van der Waals surface area contributed by atoms with E-state index in [1.807, 2.05) is 48.5 Å². The molecular weight excluding hydrogens is 314 g/mol. The van der Waals surface area contributed by atoms with Crippen molar-refractivity contribution >= 4 is 5.90 Å². The predicted molar refractivity (Wildman–Crippen MR) is 99.2 cm³/mol. The molecule has 0 bridgehead atoms. The standard InChI is InChI=1S/C21H25NO3/c1-14(2)19-13-25-21(22-19)18-7-5-4-6-16(18)12-20(23)15-8-10-17(24-3)11-9-15/h4-11,14,19-20,23H,12-13H2,1-3H3/t19-,20+/m1/s1. The number of nitrogens with zero attached hydrogens (tertiary/aromatic N) is 1. The summed E-state index contributed by atoms with van der Waals surface area (Å²) in [6.45, 7) is 4.93. The lowest BCUT2D eigenvalue weighted by molar-refractivity contribution is 0.178. The van der Waals surface area contributed by atoms with Gasteiger partial charge >= 0.3 is 0 Å². The summed E-state index contributed by atoms with van der Waals surface area (Å²) in [6.07, 6.45) is -0.0769. The third-order valence-electron chi connectivity index (χ3n) is 4.61. The van der Waals surface area contributed by atoms with Crippen LogP contribution in [0.2, 0.25) is 0 Å². The summed E-state index contributed by atoms with van der Waals surface area (Å²) in [6, 6.07) is 15.7. The Bertz CT molecular complexity index is 737. The van der Waals surface area contributed by atoms with Crippen LogP contribution >= 0.6 is 0 Å². The Hall–Kier alpha value is -2.33. The summed E-state index contributed by atoms with van der Waals surface area (Å²) < 4.78 is 11.0. The van der Waals surface area contributed by atoms with Crippen LogP contribution in [-0.4, -0.2) is 30.8 Å². The third kappa shape index (κ3) is 4.02. The molecule has 132 valence electrons. The smallest absolute Gasteiger partial charge is 0.216 e. The number of rotatable bonds is 6. The van der Waals surface area contributed by atoms with E-state index < -0.39 is 6.10 Å². The van der Waals surface area contributed by atoms with Gasteiger partial charge in [-0.25, -0.2) is 4.99 Å². The molecule has 4 heteroatoms. The average Bonchev–Trinajstić information content (AvgIpc) is 3.12. The molecule has 4 nitrogen and oxygen atoms in total. The molecule has 0 saturated heterocycles. The van der Waals surface area contributed by atoms with Crippen molar-refractivity contribution in [3.05, 3.63) is 65.2 Å². The predicted octanol–water partition coefficient (Wildman–Crippen LogP) is 3.77. The van der Waals surface area contributed by atoms with Gasteiger partial charge in [0.25, 0.3) is 0 Å². The number of aliphatic imine (C=N–C) groups is 1. The number of hydrogen-bond donors (Lipinski definition) is 1. The van der Waals surface area contributed by atoms with Crippen LogP contribution in [0.25, 0.3) is 0 Å². The topological polar surface area (TPSA) is 51.0 Å². The van der Waals surface area contributed by atoms with E-state index in [9.17, 15) is 5.11 Å². The number of hydrogen-bond acceptors (Lipinski definition) is 4. The van der Waals surface area contributed by atoms with Crippen molar-refractivity contribution in [1.29, 1.82) is 0 Å². The van der Waals surface area contributed by atoms with Gasteiger partial charge in [-0.2, -0.15) is 0 Å². The summed E-state index contributed by atoms with van der Waals surface area (Å²) in [5.41, 5.74) is 2.87. The van der Waals surface area contributed by atoms with Gasteiger partial charge in [0.15, 0.2) is 0 Å². The normalized spacial score (nSPS) is 18.0. The molecule has 0 radical (unpaired) electrons. The Labute approximate surface area is 149 Å². The largest absolute Gasteiger partial charge is 0.497 e. The van der Waals surface area contributed by atoms with E-state index in [1.165, 1.54) is 0 Å². The second-order valence-electron chi connectivity index (χ2n) is 6.71. The number of aliphatic hydroxyl groups excluding tert-OH is 1. The molecular formula is C21H25NO3. The highest BCUT2D eigenvalue weighted by molar-refractivity contribution is 5.96. The molecule has 1 aliphatic rings. The summed E-state index contributed by atoms with van der Waals surface area (Å²) in [5.74, 6) is 1.93. The quantitative estimate of drug-likeness (QED) is 0.871. The van der Waals surface area contributed by atoms with Crippen LogP contribution in [0.3, 0.4) is 0 Å². The summed E-state index contributed by atoms with van der Waals surface area (Å²) in [7, 11) is 1.63. The highest BCUT2D eigenvalue weighted by atomic mass is 16.5. The van der Waals surface area contributed by atoms with Crippen molar-refractivity contribution in [3.63, 3.8) is 0 Å². The molecule has 25 heavy (non-hydrogen) atoms. The fraction of sp³-hybridized carbons (Fsp3) is 0.381. The Balaban J connectivity index is 1.80. The van der Waals surface area contributed by atoms with Gasteiger partial charge in [0.2, 0.25) is 5.90 Å². The van der Waals surface area contributed by atoms with Gasteiger partial charge in [0, 0.05) is 12.0 Å². The molecule has 0 fully saturated rings. The molecule has 2 atom stereocenters. The maximum Gasteiger partial charge on any atom is 0.216 e. The van der Waals surface area contributed by atoms with Crippen molar-refractivity contribution in [2.75, 3.05) is 13.7 Å². The summed E-state index contributed by atoms with van der Waals surface area (Å²) >= 11 is 0. The Morgan fingerprint density at radius 2 is 1.88 bits per heavy atom. The van der Waals surface area contributed by atoms with Gasteiger partial charge in [-0.15, -0.1) is 0 Å². The van der Waals surface area contributed by atoms with E-state index >= 15 is 0 Å². The first-order valence-electron chi connectivity index (χ1n) is 8.69. The lowest BCUT2D eigenvalue weighted by atomic mass is 9.97. The van der Waals surface area contributed by atoms with Crippen LogP contribution in [0, 0.1) is 5.92 Å². The minimum absolute atomic E-state index is 0.203. The Morgan fingerprint density at radius 1 is 1.16 bits per heavy atom. The van der Waals surface area contributed by atoms with E-state index in [4.69, 9.17) is 14.5 Å². The molecule has 1 N–H and O–H groups in total. The first-order valence-corrected chi connectivity index (χ1v) is 8.69. The Kier molecular flexibility index (Phi) is 5.39. The molecule has 0 unspecified atom stereocenters. The van der Waals surface area contributed by atoms with Crippen molar-refractivity contribution in [2.24, 2.45) is 10.9 Å². The van der Waals surface area contributed by atoms with Crippen LogP contribution in [0.5, 0.6) is 5.75 Å². The van der Waals surface area contributed by atoms with Gasteiger partial charge < -0.3 is 14.6 Å². The van der Waals surface area contributed by atoms with E-state index in [1.54, 1.807) is 7.11 Å². The molecule has 0 aromatic heterocycles. The van der Waals surface area contributed by atoms with Gasteiger partial charge in [-0.3, -0.25) is 0 Å². The minimum Gasteiger partial charge on any atom is -0.497 e. The SMILES string of the molecule is COc1ccc([C@@H](O)Cc2ccccc2C2=N[C@@H](C(C)C)CO2)cc1. The molecule has 3 rings (SSSR count). The maximum absolute atomic E-state index is 10.6. The van der Waals surface area contributed by atoms with Crippen LogP contribution in [0.15, 0.2) is 53.5 Å². The van der Waals surface area contributed by atoms with E-state index in [2.05, 4.69) is 13.8 Å². The van der Waals surface area contributed by atoms with Gasteiger partial charge in [-0.1, -0.05) is 44.2 Å². The molecule has 2 aromatic carbocycles. The molecule has 0 aliphatic carbocycles. The van der Waals surface area contributed by atoms with Crippen molar-refractivity contribution in [1.82, 2.24) is 0 Å². The number of benzene rings is 2. The van der Waals surface area contributed by atoms with Gasteiger partial charge in [-0.05, 0) is 35.2 Å². The maximum atomic E-state index is 10.6. The minimum atomic E-state index is -0.588. The zero-order valence-corrected chi connectivity index (χ0v) is 15.0. The van der Waals surface area contributed by atoms with Crippen LogP contribution in [0.4, 0.5) is 0 Å². The second kappa shape index (κ2) is 7.70. The zero-order chi connectivity index (χ0) is 17.8.